The number of rotatable bonds is 3. The van der Waals surface area contributed by atoms with Crippen LogP contribution in [-0.2, 0) is 11.3 Å². The maximum atomic E-state index is 5.77. The van der Waals surface area contributed by atoms with Crippen molar-refractivity contribution in [3.63, 3.8) is 0 Å². The second kappa shape index (κ2) is 5.85. The van der Waals surface area contributed by atoms with Crippen molar-refractivity contribution in [2.75, 3.05) is 19.7 Å². The summed E-state index contributed by atoms with van der Waals surface area (Å²) in [6, 6.07) is 0. The molecule has 3 heterocycles. The molecular weight excluding hydrogens is 226 g/mol. The molecule has 1 atom stereocenters. The third-order valence-corrected chi connectivity index (χ3v) is 4.13. The molecule has 1 unspecified atom stereocenters. The number of nitrogens with zero attached hydrogens (tertiary/aromatic N) is 2. The lowest BCUT2D eigenvalue weighted by Gasteiger charge is -2.22. The van der Waals surface area contributed by atoms with Gasteiger partial charge in [-0.25, -0.2) is 0 Å². The largest absolute Gasteiger partial charge is 0.376 e. The van der Waals surface area contributed by atoms with Crippen LogP contribution in [0.1, 0.15) is 43.6 Å². The van der Waals surface area contributed by atoms with Crippen LogP contribution in [0.2, 0.25) is 0 Å². The topological polar surface area (TPSA) is 39.1 Å². The molecule has 0 spiro atoms. The molecule has 3 rings (SSSR count). The van der Waals surface area contributed by atoms with Crippen LogP contribution in [0.3, 0.4) is 0 Å². The quantitative estimate of drug-likeness (QED) is 0.889. The van der Waals surface area contributed by atoms with Crippen molar-refractivity contribution in [1.82, 2.24) is 15.1 Å². The first kappa shape index (κ1) is 12.2. The van der Waals surface area contributed by atoms with Gasteiger partial charge < -0.3 is 10.1 Å². The third kappa shape index (κ3) is 2.93. The number of nitrogens with one attached hydrogen (secondary N) is 1. The molecular formula is C14H23N3O. The summed E-state index contributed by atoms with van der Waals surface area (Å²) in [7, 11) is 0. The van der Waals surface area contributed by atoms with E-state index in [0.29, 0.717) is 12.0 Å². The molecule has 1 aromatic heterocycles. The summed E-state index contributed by atoms with van der Waals surface area (Å²) in [5.74, 6) is 0.701. The molecule has 18 heavy (non-hydrogen) atoms. The summed E-state index contributed by atoms with van der Waals surface area (Å²) in [4.78, 5) is 0. The number of aromatic nitrogens is 2. The molecule has 2 fully saturated rings. The van der Waals surface area contributed by atoms with Gasteiger partial charge in [-0.15, -0.1) is 0 Å². The summed E-state index contributed by atoms with van der Waals surface area (Å²) in [5, 5.41) is 7.91. The average Bonchev–Trinajstić information content (AvgIpc) is 2.89. The lowest BCUT2D eigenvalue weighted by Crippen LogP contribution is -2.26. The van der Waals surface area contributed by atoms with Crippen molar-refractivity contribution in [3.8, 4) is 0 Å². The van der Waals surface area contributed by atoms with Crippen molar-refractivity contribution in [3.05, 3.63) is 18.0 Å². The highest BCUT2D eigenvalue weighted by molar-refractivity contribution is 5.12. The summed E-state index contributed by atoms with van der Waals surface area (Å²) < 4.78 is 7.84. The molecule has 2 saturated heterocycles. The minimum atomic E-state index is 0.375. The van der Waals surface area contributed by atoms with E-state index in [1.807, 2.05) is 0 Å². The molecule has 2 aliphatic rings. The minimum Gasteiger partial charge on any atom is -0.376 e. The Balaban J connectivity index is 1.58. The van der Waals surface area contributed by atoms with Crippen LogP contribution in [0.4, 0.5) is 0 Å². The molecule has 0 amide bonds. The zero-order valence-corrected chi connectivity index (χ0v) is 11.0. The summed E-state index contributed by atoms with van der Waals surface area (Å²) in [6.07, 6.45) is 10.8. The van der Waals surface area contributed by atoms with Crippen LogP contribution in [0.15, 0.2) is 12.4 Å². The Kier molecular flexibility index (Phi) is 3.96. The van der Waals surface area contributed by atoms with E-state index in [4.69, 9.17) is 4.74 Å². The van der Waals surface area contributed by atoms with Gasteiger partial charge in [0.25, 0.3) is 0 Å². The maximum Gasteiger partial charge on any atom is 0.0770 e. The second-order valence-corrected chi connectivity index (χ2v) is 5.51. The van der Waals surface area contributed by atoms with E-state index < -0.39 is 0 Å². The first-order chi connectivity index (χ1) is 8.92. The Morgan fingerprint density at radius 2 is 2.17 bits per heavy atom. The summed E-state index contributed by atoms with van der Waals surface area (Å²) in [6.45, 7) is 4.13. The van der Waals surface area contributed by atoms with E-state index in [0.717, 1.165) is 26.2 Å². The van der Waals surface area contributed by atoms with Crippen molar-refractivity contribution >= 4 is 0 Å². The Hall–Kier alpha value is -0.870. The lowest BCUT2D eigenvalue weighted by atomic mass is 9.93. The molecule has 4 nitrogen and oxygen atoms in total. The van der Waals surface area contributed by atoms with Gasteiger partial charge in [-0.3, -0.25) is 4.68 Å². The van der Waals surface area contributed by atoms with E-state index >= 15 is 0 Å². The fourth-order valence-electron chi connectivity index (χ4n) is 3.01. The number of hydrogen-bond donors (Lipinski definition) is 1. The smallest absolute Gasteiger partial charge is 0.0770 e. The second-order valence-electron chi connectivity index (χ2n) is 5.51. The van der Waals surface area contributed by atoms with Crippen molar-refractivity contribution in [2.45, 2.75) is 50.7 Å². The molecule has 0 aliphatic carbocycles. The summed E-state index contributed by atoms with van der Waals surface area (Å²) >= 11 is 0. The van der Waals surface area contributed by atoms with Gasteiger partial charge in [0.1, 0.15) is 0 Å². The van der Waals surface area contributed by atoms with Gasteiger partial charge >= 0.3 is 0 Å². The molecule has 0 bridgehead atoms. The Bertz CT molecular complexity index is 365. The molecule has 4 heteroatoms. The molecule has 100 valence electrons. The Morgan fingerprint density at radius 3 is 2.94 bits per heavy atom. The van der Waals surface area contributed by atoms with E-state index in [1.165, 1.54) is 37.7 Å². The highest BCUT2D eigenvalue weighted by Crippen LogP contribution is 2.24. The molecule has 0 saturated carbocycles. The van der Waals surface area contributed by atoms with Crippen LogP contribution in [0, 0.1) is 0 Å². The highest BCUT2D eigenvalue weighted by Gasteiger charge is 2.18. The van der Waals surface area contributed by atoms with Crippen molar-refractivity contribution < 1.29 is 4.74 Å². The molecule has 1 aromatic rings. The van der Waals surface area contributed by atoms with Crippen LogP contribution in [0.5, 0.6) is 0 Å². The average molecular weight is 249 g/mol. The number of ether oxygens (including phenoxy) is 1. The van der Waals surface area contributed by atoms with Gasteiger partial charge in [0.2, 0.25) is 0 Å². The van der Waals surface area contributed by atoms with Gasteiger partial charge in [0.05, 0.1) is 18.8 Å². The molecule has 0 aromatic carbocycles. The van der Waals surface area contributed by atoms with Gasteiger partial charge in [-0.05, 0) is 56.7 Å². The zero-order chi connectivity index (χ0) is 12.2. The normalized spacial score (nSPS) is 26.3. The number of piperidine rings is 1. The van der Waals surface area contributed by atoms with Gasteiger partial charge in [0, 0.05) is 12.8 Å². The van der Waals surface area contributed by atoms with Crippen molar-refractivity contribution in [1.29, 1.82) is 0 Å². The SMILES string of the molecule is c1nn(CC2CCCCO2)cc1C1CCNCC1. The molecule has 0 radical (unpaired) electrons. The predicted molar refractivity (Wildman–Crippen MR) is 70.7 cm³/mol. The monoisotopic (exact) mass is 249 g/mol. The van der Waals surface area contributed by atoms with Gasteiger partial charge in [-0.2, -0.15) is 5.10 Å². The fraction of sp³-hybridized carbons (Fsp3) is 0.786. The zero-order valence-electron chi connectivity index (χ0n) is 11.0. The van der Waals surface area contributed by atoms with Crippen molar-refractivity contribution in [2.24, 2.45) is 0 Å². The van der Waals surface area contributed by atoms with Crippen LogP contribution in [-0.4, -0.2) is 35.6 Å². The standard InChI is InChI=1S/C14H23N3O/c1-2-8-18-14(3-1)11-17-10-13(9-16-17)12-4-6-15-7-5-12/h9-10,12,14-15H,1-8,11H2. The summed E-state index contributed by atoms with van der Waals surface area (Å²) in [5.41, 5.74) is 1.41. The van der Waals surface area contributed by atoms with E-state index in [2.05, 4.69) is 27.5 Å². The van der Waals surface area contributed by atoms with Crippen LogP contribution < -0.4 is 5.32 Å². The lowest BCUT2D eigenvalue weighted by molar-refractivity contribution is 0.00398. The Labute approximate surface area is 109 Å². The molecule has 1 N–H and O–H groups in total. The Morgan fingerprint density at radius 1 is 1.28 bits per heavy atom. The van der Waals surface area contributed by atoms with Gasteiger partial charge in [-0.1, -0.05) is 0 Å². The highest BCUT2D eigenvalue weighted by atomic mass is 16.5. The van der Waals surface area contributed by atoms with E-state index in [-0.39, 0.29) is 0 Å². The fourth-order valence-corrected chi connectivity index (χ4v) is 3.01. The molecule has 2 aliphatic heterocycles. The third-order valence-electron chi connectivity index (χ3n) is 4.13. The number of hydrogen-bond acceptors (Lipinski definition) is 3. The van der Waals surface area contributed by atoms with E-state index in [1.54, 1.807) is 0 Å². The first-order valence-corrected chi connectivity index (χ1v) is 7.26. The van der Waals surface area contributed by atoms with Crippen LogP contribution in [0.25, 0.3) is 0 Å². The maximum absolute atomic E-state index is 5.77. The van der Waals surface area contributed by atoms with E-state index in [9.17, 15) is 0 Å². The first-order valence-electron chi connectivity index (χ1n) is 7.26. The van der Waals surface area contributed by atoms with Gasteiger partial charge in [0.15, 0.2) is 0 Å². The minimum absolute atomic E-state index is 0.375. The van der Waals surface area contributed by atoms with Crippen LogP contribution >= 0.6 is 0 Å². The predicted octanol–water partition coefficient (Wildman–Crippen LogP) is 1.92.